The Hall–Kier alpha value is -1.88. The highest BCUT2D eigenvalue weighted by Crippen LogP contribution is 2.28. The fourth-order valence-corrected chi connectivity index (χ4v) is 2.53. The molecule has 0 radical (unpaired) electrons. The molecule has 5 heteroatoms. The third-order valence-corrected chi connectivity index (χ3v) is 3.66. The highest BCUT2D eigenvalue weighted by atomic mass is 16.2. The highest BCUT2D eigenvalue weighted by molar-refractivity contribution is 5.96. The minimum atomic E-state index is -0.796. The standard InChI is InChI=1S/C14H19N3O2/c1-10(13(18)16-14(15)19)17-8-7-12(9-17)11-5-3-2-4-6-11/h2-6,10,12H,7-9H2,1H3,(H3,15,16,18,19)/t10-,12+/m1/s1. The predicted octanol–water partition coefficient (Wildman–Crippen LogP) is 1.06. The molecule has 1 heterocycles. The zero-order valence-corrected chi connectivity index (χ0v) is 11.0. The fourth-order valence-electron chi connectivity index (χ4n) is 2.53. The van der Waals surface area contributed by atoms with E-state index < -0.39 is 6.03 Å². The monoisotopic (exact) mass is 261 g/mol. The molecule has 3 N–H and O–H groups in total. The van der Waals surface area contributed by atoms with Gasteiger partial charge in [0.15, 0.2) is 0 Å². The van der Waals surface area contributed by atoms with Crippen molar-refractivity contribution in [1.29, 1.82) is 0 Å². The van der Waals surface area contributed by atoms with Crippen LogP contribution in [0.25, 0.3) is 0 Å². The summed E-state index contributed by atoms with van der Waals surface area (Å²) in [6.45, 7) is 3.48. The second kappa shape index (κ2) is 5.84. The van der Waals surface area contributed by atoms with E-state index in [0.717, 1.165) is 19.5 Å². The van der Waals surface area contributed by atoms with Gasteiger partial charge in [-0.25, -0.2) is 4.79 Å². The summed E-state index contributed by atoms with van der Waals surface area (Å²) in [7, 11) is 0. The minimum Gasteiger partial charge on any atom is -0.351 e. The van der Waals surface area contributed by atoms with Crippen LogP contribution >= 0.6 is 0 Å². The summed E-state index contributed by atoms with van der Waals surface area (Å²) < 4.78 is 0. The van der Waals surface area contributed by atoms with Crippen LogP contribution in [0.15, 0.2) is 30.3 Å². The van der Waals surface area contributed by atoms with E-state index in [1.165, 1.54) is 5.56 Å². The van der Waals surface area contributed by atoms with Crippen LogP contribution in [0.5, 0.6) is 0 Å². The largest absolute Gasteiger partial charge is 0.351 e. The first-order valence-electron chi connectivity index (χ1n) is 6.47. The van der Waals surface area contributed by atoms with E-state index in [2.05, 4.69) is 22.3 Å². The van der Waals surface area contributed by atoms with Crippen molar-refractivity contribution in [3.8, 4) is 0 Å². The van der Waals surface area contributed by atoms with Crippen molar-refractivity contribution in [3.63, 3.8) is 0 Å². The van der Waals surface area contributed by atoms with Crippen LogP contribution in [-0.2, 0) is 4.79 Å². The Morgan fingerprint density at radius 2 is 2.05 bits per heavy atom. The molecule has 2 rings (SSSR count). The molecular formula is C14H19N3O2. The molecular weight excluding hydrogens is 242 g/mol. The average molecular weight is 261 g/mol. The topological polar surface area (TPSA) is 75.4 Å². The van der Waals surface area contributed by atoms with Crippen LogP contribution in [-0.4, -0.2) is 36.0 Å². The van der Waals surface area contributed by atoms with Gasteiger partial charge in [0.2, 0.25) is 5.91 Å². The maximum Gasteiger partial charge on any atom is 0.318 e. The Balaban J connectivity index is 1.95. The average Bonchev–Trinajstić information content (AvgIpc) is 2.87. The molecule has 5 nitrogen and oxygen atoms in total. The third-order valence-electron chi connectivity index (χ3n) is 3.66. The zero-order chi connectivity index (χ0) is 13.8. The molecule has 3 amide bonds. The van der Waals surface area contributed by atoms with Gasteiger partial charge in [0.05, 0.1) is 6.04 Å². The van der Waals surface area contributed by atoms with Crippen molar-refractivity contribution >= 4 is 11.9 Å². The van der Waals surface area contributed by atoms with Crippen molar-refractivity contribution in [2.75, 3.05) is 13.1 Å². The number of amides is 3. The molecule has 0 aliphatic carbocycles. The van der Waals surface area contributed by atoms with Crippen molar-refractivity contribution in [3.05, 3.63) is 35.9 Å². The molecule has 2 atom stereocenters. The number of carbonyl (C=O) groups is 2. The maximum atomic E-state index is 11.7. The number of imide groups is 1. The molecule has 19 heavy (non-hydrogen) atoms. The molecule has 102 valence electrons. The number of hydrogen-bond donors (Lipinski definition) is 2. The Kier molecular flexibility index (Phi) is 4.16. The normalized spacial score (nSPS) is 21.0. The molecule has 0 bridgehead atoms. The summed E-state index contributed by atoms with van der Waals surface area (Å²) in [6.07, 6.45) is 1.03. The Morgan fingerprint density at radius 3 is 2.68 bits per heavy atom. The van der Waals surface area contributed by atoms with Crippen LogP contribution in [0.2, 0.25) is 0 Å². The van der Waals surface area contributed by atoms with Crippen molar-refractivity contribution in [2.45, 2.75) is 25.3 Å². The quantitative estimate of drug-likeness (QED) is 0.854. The Bertz CT molecular complexity index is 461. The number of nitrogens with two attached hydrogens (primary N) is 1. The van der Waals surface area contributed by atoms with Crippen LogP contribution in [0.1, 0.15) is 24.8 Å². The number of rotatable bonds is 3. The second-order valence-electron chi connectivity index (χ2n) is 4.92. The molecule has 1 aromatic rings. The lowest BCUT2D eigenvalue weighted by atomic mass is 9.99. The van der Waals surface area contributed by atoms with E-state index in [1.807, 2.05) is 18.2 Å². The number of benzene rings is 1. The summed E-state index contributed by atoms with van der Waals surface area (Å²) in [5.74, 6) is 0.117. The molecule has 0 unspecified atom stereocenters. The van der Waals surface area contributed by atoms with Gasteiger partial charge in [-0.1, -0.05) is 30.3 Å². The summed E-state index contributed by atoms with van der Waals surface area (Å²) in [6, 6.07) is 9.16. The number of primary amides is 1. The predicted molar refractivity (Wildman–Crippen MR) is 72.6 cm³/mol. The first-order chi connectivity index (χ1) is 9.08. The lowest BCUT2D eigenvalue weighted by Crippen LogP contribution is -2.47. The van der Waals surface area contributed by atoms with Crippen molar-refractivity contribution in [1.82, 2.24) is 10.2 Å². The van der Waals surface area contributed by atoms with Crippen LogP contribution < -0.4 is 11.1 Å². The first kappa shape index (κ1) is 13.5. The van der Waals surface area contributed by atoms with E-state index in [9.17, 15) is 9.59 Å². The molecule has 1 fully saturated rings. The highest BCUT2D eigenvalue weighted by Gasteiger charge is 2.30. The number of carbonyl (C=O) groups excluding carboxylic acids is 2. The summed E-state index contributed by atoms with van der Waals surface area (Å²) >= 11 is 0. The van der Waals surface area contributed by atoms with Crippen molar-refractivity contribution in [2.24, 2.45) is 5.73 Å². The number of nitrogens with one attached hydrogen (secondary N) is 1. The molecule has 1 saturated heterocycles. The molecule has 0 saturated carbocycles. The Labute approximate surface area is 112 Å². The van der Waals surface area contributed by atoms with Gasteiger partial charge in [-0.2, -0.15) is 0 Å². The van der Waals surface area contributed by atoms with Gasteiger partial charge in [0, 0.05) is 6.54 Å². The van der Waals surface area contributed by atoms with Gasteiger partial charge >= 0.3 is 6.03 Å². The van der Waals surface area contributed by atoms with Crippen LogP contribution in [0, 0.1) is 0 Å². The zero-order valence-electron chi connectivity index (χ0n) is 11.0. The third kappa shape index (κ3) is 3.32. The summed E-state index contributed by atoms with van der Waals surface area (Å²) in [5.41, 5.74) is 6.26. The van der Waals surface area contributed by atoms with E-state index in [-0.39, 0.29) is 11.9 Å². The van der Waals surface area contributed by atoms with Gasteiger partial charge in [0.1, 0.15) is 0 Å². The van der Waals surface area contributed by atoms with Gasteiger partial charge in [-0.15, -0.1) is 0 Å². The number of hydrogen-bond acceptors (Lipinski definition) is 3. The second-order valence-corrected chi connectivity index (χ2v) is 4.92. The van der Waals surface area contributed by atoms with E-state index >= 15 is 0 Å². The number of likely N-dealkylation sites (tertiary alicyclic amines) is 1. The lowest BCUT2D eigenvalue weighted by Gasteiger charge is -2.22. The van der Waals surface area contributed by atoms with Gasteiger partial charge < -0.3 is 5.73 Å². The van der Waals surface area contributed by atoms with E-state index in [0.29, 0.717) is 5.92 Å². The molecule has 1 aliphatic heterocycles. The van der Waals surface area contributed by atoms with Crippen LogP contribution in [0.3, 0.4) is 0 Å². The molecule has 1 aromatic carbocycles. The first-order valence-corrected chi connectivity index (χ1v) is 6.47. The smallest absolute Gasteiger partial charge is 0.318 e. The summed E-state index contributed by atoms with van der Waals surface area (Å²) in [4.78, 5) is 24.5. The van der Waals surface area contributed by atoms with E-state index in [1.54, 1.807) is 6.92 Å². The summed E-state index contributed by atoms with van der Waals surface area (Å²) in [5, 5.41) is 2.13. The molecule has 0 aromatic heterocycles. The van der Waals surface area contributed by atoms with Crippen molar-refractivity contribution < 1.29 is 9.59 Å². The SMILES string of the molecule is C[C@H](C(=O)NC(N)=O)N1CC[C@H](c2ccccc2)C1. The number of urea groups is 1. The minimum absolute atomic E-state index is 0.332. The van der Waals surface area contributed by atoms with Gasteiger partial charge in [-0.05, 0) is 31.4 Å². The Morgan fingerprint density at radius 1 is 1.37 bits per heavy atom. The van der Waals surface area contributed by atoms with Gasteiger partial charge in [-0.3, -0.25) is 15.0 Å². The van der Waals surface area contributed by atoms with Crippen LogP contribution in [0.4, 0.5) is 4.79 Å². The van der Waals surface area contributed by atoms with Gasteiger partial charge in [0.25, 0.3) is 0 Å². The maximum absolute atomic E-state index is 11.7. The van der Waals surface area contributed by atoms with E-state index in [4.69, 9.17) is 5.73 Å². The molecule has 1 aliphatic rings. The fraction of sp³-hybridized carbons (Fsp3) is 0.429. The molecule has 0 spiro atoms. The lowest BCUT2D eigenvalue weighted by molar-refractivity contribution is -0.124. The number of nitrogens with zero attached hydrogens (tertiary/aromatic N) is 1.